The fraction of sp³-hybridized carbons (Fsp3) is 0.200. The van der Waals surface area contributed by atoms with E-state index >= 15 is 0 Å². The number of rotatable bonds is 5. The van der Waals surface area contributed by atoms with Crippen molar-refractivity contribution in [2.75, 3.05) is 10.6 Å². The number of amides is 2. The summed E-state index contributed by atoms with van der Waals surface area (Å²) in [4.78, 5) is 24.8. The summed E-state index contributed by atoms with van der Waals surface area (Å²) < 4.78 is 32.0. The predicted octanol–water partition coefficient (Wildman–Crippen LogP) is 4.95. The van der Waals surface area contributed by atoms with E-state index < -0.39 is 17.5 Å². The van der Waals surface area contributed by atoms with Gasteiger partial charge >= 0.3 is 0 Å². The Bertz CT molecular complexity index is 1010. The summed E-state index contributed by atoms with van der Waals surface area (Å²) in [5.74, 6) is -3.00. The Balaban J connectivity index is 1.94. The van der Waals surface area contributed by atoms with Gasteiger partial charge in [0.1, 0.15) is 11.3 Å². The predicted molar refractivity (Wildman–Crippen MR) is 98.6 cm³/mol. The van der Waals surface area contributed by atoms with E-state index in [4.69, 9.17) is 4.42 Å². The maximum atomic E-state index is 13.4. The molecule has 0 saturated carbocycles. The molecule has 2 amide bonds. The number of carbonyl (C=O) groups is 2. The topological polar surface area (TPSA) is 71.3 Å². The van der Waals surface area contributed by atoms with Gasteiger partial charge in [0, 0.05) is 23.6 Å². The molecule has 27 heavy (non-hydrogen) atoms. The van der Waals surface area contributed by atoms with Crippen LogP contribution >= 0.6 is 0 Å². The van der Waals surface area contributed by atoms with Crippen molar-refractivity contribution < 1.29 is 22.8 Å². The van der Waals surface area contributed by atoms with Crippen LogP contribution in [-0.4, -0.2) is 11.8 Å². The normalized spacial score (nSPS) is 11.0. The van der Waals surface area contributed by atoms with Gasteiger partial charge in [-0.05, 0) is 30.2 Å². The number of hydrogen-bond donors (Lipinski definition) is 2. The summed E-state index contributed by atoms with van der Waals surface area (Å²) in [7, 11) is 0. The largest absolute Gasteiger partial charge is 0.449 e. The smallest absolute Gasteiger partial charge is 0.293 e. The molecule has 140 valence electrons. The Hall–Kier alpha value is -3.22. The minimum Gasteiger partial charge on any atom is -0.449 e. The highest BCUT2D eigenvalue weighted by Gasteiger charge is 2.23. The van der Waals surface area contributed by atoms with E-state index in [9.17, 15) is 18.4 Å². The second-order valence-corrected chi connectivity index (χ2v) is 6.53. The lowest BCUT2D eigenvalue weighted by atomic mass is 10.1. The molecule has 0 fully saturated rings. The van der Waals surface area contributed by atoms with Gasteiger partial charge in [-0.15, -0.1) is 0 Å². The molecular formula is C20H18F2N2O3. The van der Waals surface area contributed by atoms with Crippen LogP contribution in [0.4, 0.5) is 20.2 Å². The van der Waals surface area contributed by atoms with E-state index in [-0.39, 0.29) is 35.4 Å². The molecule has 0 aliphatic heterocycles. The van der Waals surface area contributed by atoms with Gasteiger partial charge in [-0.3, -0.25) is 9.59 Å². The van der Waals surface area contributed by atoms with E-state index in [1.54, 1.807) is 24.3 Å². The summed E-state index contributed by atoms with van der Waals surface area (Å²) in [5.41, 5.74) is 0.739. The highest BCUT2D eigenvalue weighted by Crippen LogP contribution is 2.32. The van der Waals surface area contributed by atoms with E-state index in [0.717, 1.165) is 12.1 Å². The second kappa shape index (κ2) is 7.57. The lowest BCUT2D eigenvalue weighted by molar-refractivity contribution is -0.116. The number of hydrogen-bond acceptors (Lipinski definition) is 3. The van der Waals surface area contributed by atoms with Crippen molar-refractivity contribution in [1.82, 2.24) is 0 Å². The van der Waals surface area contributed by atoms with E-state index in [2.05, 4.69) is 10.6 Å². The van der Waals surface area contributed by atoms with Crippen molar-refractivity contribution in [3.05, 3.63) is 59.9 Å². The van der Waals surface area contributed by atoms with Gasteiger partial charge < -0.3 is 15.1 Å². The summed E-state index contributed by atoms with van der Waals surface area (Å²) >= 11 is 0. The monoisotopic (exact) mass is 372 g/mol. The molecule has 0 aliphatic carbocycles. The molecular weight excluding hydrogens is 354 g/mol. The van der Waals surface area contributed by atoms with Crippen molar-refractivity contribution in [2.45, 2.75) is 20.3 Å². The van der Waals surface area contributed by atoms with Crippen LogP contribution in [0, 0.1) is 17.6 Å². The quantitative estimate of drug-likeness (QED) is 0.666. The van der Waals surface area contributed by atoms with Gasteiger partial charge in [-0.2, -0.15) is 0 Å². The number of para-hydroxylation sites is 1. The zero-order valence-corrected chi connectivity index (χ0v) is 14.8. The van der Waals surface area contributed by atoms with E-state index in [1.807, 2.05) is 13.8 Å². The number of fused-ring (bicyclic) bond motifs is 1. The molecule has 3 aromatic rings. The van der Waals surface area contributed by atoms with Crippen LogP contribution in [0.25, 0.3) is 11.0 Å². The summed E-state index contributed by atoms with van der Waals surface area (Å²) in [6, 6.07) is 9.90. The Morgan fingerprint density at radius 2 is 1.78 bits per heavy atom. The molecule has 0 atom stereocenters. The molecule has 0 aliphatic rings. The minimum atomic E-state index is -1.08. The lowest BCUT2D eigenvalue weighted by Crippen LogP contribution is -2.18. The van der Waals surface area contributed by atoms with E-state index in [1.165, 1.54) is 6.07 Å². The molecule has 0 radical (unpaired) electrons. The SMILES string of the molecule is CC(C)CC(=O)Nc1c(C(=O)Nc2ccc(F)c(F)c2)oc2ccccc12. The maximum absolute atomic E-state index is 13.4. The Kier molecular flexibility index (Phi) is 5.21. The Labute approximate surface area is 154 Å². The first-order chi connectivity index (χ1) is 12.8. The third kappa shape index (κ3) is 4.13. The molecule has 0 unspecified atom stereocenters. The summed E-state index contributed by atoms with van der Waals surface area (Å²) in [6.45, 7) is 3.81. The fourth-order valence-electron chi connectivity index (χ4n) is 2.65. The van der Waals surface area contributed by atoms with Gasteiger partial charge in [0.25, 0.3) is 5.91 Å². The van der Waals surface area contributed by atoms with Crippen LogP contribution in [0.5, 0.6) is 0 Å². The van der Waals surface area contributed by atoms with Crippen molar-refractivity contribution >= 4 is 34.2 Å². The highest BCUT2D eigenvalue weighted by molar-refractivity contribution is 6.14. The molecule has 2 N–H and O–H groups in total. The summed E-state index contributed by atoms with van der Waals surface area (Å²) in [5, 5.41) is 5.75. The molecule has 1 heterocycles. The molecule has 3 rings (SSSR count). The van der Waals surface area contributed by atoms with Gasteiger partial charge in [-0.1, -0.05) is 26.0 Å². The lowest BCUT2D eigenvalue weighted by Gasteiger charge is -2.09. The van der Waals surface area contributed by atoms with Crippen LogP contribution in [0.1, 0.15) is 30.8 Å². The molecule has 0 bridgehead atoms. The Morgan fingerprint density at radius 3 is 2.48 bits per heavy atom. The number of nitrogens with one attached hydrogen (secondary N) is 2. The average molecular weight is 372 g/mol. The average Bonchev–Trinajstić information content (AvgIpc) is 2.96. The first-order valence-corrected chi connectivity index (χ1v) is 8.43. The van der Waals surface area contributed by atoms with E-state index in [0.29, 0.717) is 11.0 Å². The van der Waals surface area contributed by atoms with Gasteiger partial charge in [0.15, 0.2) is 11.6 Å². The fourth-order valence-corrected chi connectivity index (χ4v) is 2.65. The standard InChI is InChI=1S/C20H18F2N2O3/c1-11(2)9-17(25)24-18-13-5-3-4-6-16(13)27-19(18)20(26)23-12-7-8-14(21)15(22)10-12/h3-8,10-11H,9H2,1-2H3,(H,23,26)(H,24,25). The molecule has 0 saturated heterocycles. The second-order valence-electron chi connectivity index (χ2n) is 6.53. The number of halogens is 2. The molecule has 0 spiro atoms. The van der Waals surface area contributed by atoms with Crippen molar-refractivity contribution in [3.8, 4) is 0 Å². The third-order valence-electron chi connectivity index (χ3n) is 3.84. The van der Waals surface area contributed by atoms with Crippen molar-refractivity contribution in [1.29, 1.82) is 0 Å². The first kappa shape index (κ1) is 18.6. The minimum absolute atomic E-state index is 0.0683. The number of anilines is 2. The Morgan fingerprint density at radius 1 is 1.04 bits per heavy atom. The highest BCUT2D eigenvalue weighted by atomic mass is 19.2. The molecule has 5 nitrogen and oxygen atoms in total. The number of benzene rings is 2. The zero-order valence-electron chi connectivity index (χ0n) is 14.8. The van der Waals surface area contributed by atoms with Crippen LogP contribution in [0.15, 0.2) is 46.9 Å². The van der Waals surface area contributed by atoms with Crippen molar-refractivity contribution in [2.24, 2.45) is 5.92 Å². The molecule has 1 aromatic heterocycles. The van der Waals surface area contributed by atoms with Gasteiger partial charge in [-0.25, -0.2) is 8.78 Å². The molecule has 2 aromatic carbocycles. The van der Waals surface area contributed by atoms with Gasteiger partial charge in [0.05, 0.1) is 0 Å². The van der Waals surface area contributed by atoms with Crippen LogP contribution < -0.4 is 10.6 Å². The summed E-state index contributed by atoms with van der Waals surface area (Å²) in [6.07, 6.45) is 0.281. The van der Waals surface area contributed by atoms with Crippen LogP contribution in [0.2, 0.25) is 0 Å². The number of carbonyl (C=O) groups excluding carboxylic acids is 2. The first-order valence-electron chi connectivity index (χ1n) is 8.43. The third-order valence-corrected chi connectivity index (χ3v) is 3.84. The maximum Gasteiger partial charge on any atom is 0.293 e. The zero-order chi connectivity index (χ0) is 19.6. The van der Waals surface area contributed by atoms with Crippen molar-refractivity contribution in [3.63, 3.8) is 0 Å². The number of furan rings is 1. The van der Waals surface area contributed by atoms with Crippen LogP contribution in [-0.2, 0) is 4.79 Å². The van der Waals surface area contributed by atoms with Crippen LogP contribution in [0.3, 0.4) is 0 Å². The van der Waals surface area contributed by atoms with Gasteiger partial charge in [0.2, 0.25) is 11.7 Å². The molecule has 7 heteroatoms.